The molecule has 0 aliphatic rings. The molecule has 0 radical (unpaired) electrons. The van der Waals surface area contributed by atoms with Gasteiger partial charge in [-0.1, -0.05) is 158 Å². The van der Waals surface area contributed by atoms with Crippen LogP contribution >= 0.6 is 0 Å². The van der Waals surface area contributed by atoms with Crippen LogP contribution in [-0.2, 0) is 0 Å². The van der Waals surface area contributed by atoms with Crippen molar-refractivity contribution < 1.29 is 11.3 Å². The second-order valence-electron chi connectivity index (χ2n) is 11.2. The molecule has 0 saturated carbocycles. The van der Waals surface area contributed by atoms with Crippen molar-refractivity contribution in [3.63, 3.8) is 0 Å². The van der Waals surface area contributed by atoms with Crippen LogP contribution in [0.5, 0.6) is 0 Å². The summed E-state index contributed by atoms with van der Waals surface area (Å²) in [5.41, 5.74) is 8.99. The van der Waals surface area contributed by atoms with E-state index in [1.165, 1.54) is 0 Å². The van der Waals surface area contributed by atoms with Crippen molar-refractivity contribution in [3.05, 3.63) is 170 Å². The molecule has 0 unspecified atom stereocenters. The lowest BCUT2D eigenvalue weighted by Gasteiger charge is -2.18. The maximum absolute atomic E-state index is 8.84. The molecule has 9 aromatic rings. The van der Waals surface area contributed by atoms with Gasteiger partial charge in [-0.15, -0.1) is 0 Å². The highest BCUT2D eigenvalue weighted by molar-refractivity contribution is 6.21. The van der Waals surface area contributed by atoms with Gasteiger partial charge in [0.1, 0.15) is 11.2 Å². The summed E-state index contributed by atoms with van der Waals surface area (Å²) in [5.74, 6) is 0. The first-order valence-electron chi connectivity index (χ1n) is 17.5. The second-order valence-corrected chi connectivity index (χ2v) is 11.2. The van der Waals surface area contributed by atoms with Crippen LogP contribution in [0.4, 0.5) is 0 Å². The van der Waals surface area contributed by atoms with Crippen molar-refractivity contribution in [2.24, 2.45) is 0 Å². The first kappa shape index (κ1) is 20.9. The lowest BCUT2D eigenvalue weighted by molar-refractivity contribution is 0.669. The summed E-state index contributed by atoms with van der Waals surface area (Å²) in [6.07, 6.45) is 0. The topological polar surface area (TPSA) is 13.1 Å². The number of fused-ring (bicyclic) bond motifs is 5. The zero-order chi connectivity index (χ0) is 34.1. The van der Waals surface area contributed by atoms with Crippen molar-refractivity contribution in [3.8, 4) is 44.5 Å². The molecular weight excluding hydrogens is 544 g/mol. The molecule has 1 heteroatoms. The highest BCUT2D eigenvalue weighted by atomic mass is 16.3. The van der Waals surface area contributed by atoms with Crippen LogP contribution in [0.15, 0.2) is 174 Å². The Kier molecular flexibility index (Phi) is 4.81. The minimum atomic E-state index is -0.399. The van der Waals surface area contributed by atoms with E-state index in [9.17, 15) is 0 Å². The smallest absolute Gasteiger partial charge is 0.136 e. The van der Waals surface area contributed by atoms with Crippen LogP contribution in [0.2, 0.25) is 0 Å². The standard InChI is InChI=1S/C44H28O/c1-3-13-29(14-4-1)33-27-28-40-44(38-21-11-12-22-39(38)45-40)43(33)32-25-23-31(24-26-32)42-36-19-9-7-17-34(36)41(30-15-5-2-6-16-30)35-18-8-10-20-37(35)42/h1-28H/i2D,5D,6D,15D,16D. The minimum absolute atomic E-state index is 0.208. The van der Waals surface area contributed by atoms with E-state index in [0.717, 1.165) is 76.9 Å². The van der Waals surface area contributed by atoms with Gasteiger partial charge in [-0.05, 0) is 72.6 Å². The van der Waals surface area contributed by atoms with Crippen molar-refractivity contribution in [2.75, 3.05) is 0 Å². The largest absolute Gasteiger partial charge is 0.456 e. The molecule has 1 aromatic heterocycles. The Labute approximate surface area is 268 Å². The van der Waals surface area contributed by atoms with Gasteiger partial charge in [-0.2, -0.15) is 0 Å². The van der Waals surface area contributed by atoms with Crippen molar-refractivity contribution in [2.45, 2.75) is 0 Å². The predicted molar refractivity (Wildman–Crippen MR) is 190 cm³/mol. The van der Waals surface area contributed by atoms with E-state index in [2.05, 4.69) is 78.9 Å². The van der Waals surface area contributed by atoms with E-state index < -0.39 is 6.04 Å². The van der Waals surface area contributed by atoms with Crippen molar-refractivity contribution >= 4 is 43.5 Å². The van der Waals surface area contributed by atoms with Crippen molar-refractivity contribution in [1.82, 2.24) is 0 Å². The minimum Gasteiger partial charge on any atom is -0.456 e. The molecule has 0 saturated heterocycles. The Balaban J connectivity index is 1.31. The van der Waals surface area contributed by atoms with E-state index in [1.807, 2.05) is 60.7 Å². The number of benzene rings is 8. The Morgan fingerprint density at radius 1 is 0.356 bits per heavy atom. The molecule has 9 rings (SSSR count). The number of furan rings is 1. The van der Waals surface area contributed by atoms with Gasteiger partial charge < -0.3 is 4.42 Å². The highest BCUT2D eigenvalue weighted by Gasteiger charge is 2.19. The number of hydrogen-bond acceptors (Lipinski definition) is 1. The number of hydrogen-bond donors (Lipinski definition) is 0. The molecule has 0 N–H and O–H groups in total. The first-order chi connectivity index (χ1) is 24.4. The summed E-state index contributed by atoms with van der Waals surface area (Å²) in [5, 5.41) is 5.67. The van der Waals surface area contributed by atoms with Crippen LogP contribution in [0.1, 0.15) is 6.85 Å². The fraction of sp³-hybridized carbons (Fsp3) is 0. The Hall–Kier alpha value is -5.92. The zero-order valence-electron chi connectivity index (χ0n) is 29.2. The summed E-state index contributed by atoms with van der Waals surface area (Å²) in [7, 11) is 0. The molecule has 0 aliphatic heterocycles. The van der Waals surface area contributed by atoms with E-state index in [1.54, 1.807) is 0 Å². The molecule has 45 heavy (non-hydrogen) atoms. The molecule has 0 bridgehead atoms. The highest BCUT2D eigenvalue weighted by Crippen LogP contribution is 2.46. The quantitative estimate of drug-likeness (QED) is 0.190. The average molecular weight is 578 g/mol. The maximum Gasteiger partial charge on any atom is 0.136 e. The lowest BCUT2D eigenvalue weighted by atomic mass is 9.85. The monoisotopic (exact) mass is 577 g/mol. The van der Waals surface area contributed by atoms with Gasteiger partial charge in [0, 0.05) is 16.3 Å². The Morgan fingerprint density at radius 3 is 1.49 bits per heavy atom. The van der Waals surface area contributed by atoms with Crippen LogP contribution in [0.3, 0.4) is 0 Å². The van der Waals surface area contributed by atoms with Crippen LogP contribution in [-0.4, -0.2) is 0 Å². The SMILES string of the molecule is [2H]c1c([2H])c([2H])c(-c2c3ccccc3c(-c3ccc(-c4c(-c5ccccc5)ccc5oc6ccccc6c45)cc3)c3ccccc23)c([2H])c1[2H]. The van der Waals surface area contributed by atoms with E-state index >= 15 is 0 Å². The fourth-order valence-electron chi connectivity index (χ4n) is 6.86. The normalized spacial score (nSPS) is 13.1. The Morgan fingerprint density at radius 2 is 0.867 bits per heavy atom. The average Bonchev–Trinajstić information content (AvgIpc) is 3.55. The maximum atomic E-state index is 8.84. The predicted octanol–water partition coefficient (Wildman–Crippen LogP) is 12.6. The van der Waals surface area contributed by atoms with Crippen LogP contribution < -0.4 is 0 Å². The van der Waals surface area contributed by atoms with Gasteiger partial charge in [-0.3, -0.25) is 0 Å². The fourth-order valence-corrected chi connectivity index (χ4v) is 6.86. The second kappa shape index (κ2) is 10.4. The molecule has 0 aliphatic carbocycles. The molecule has 0 amide bonds. The molecule has 8 aromatic carbocycles. The third-order valence-corrected chi connectivity index (χ3v) is 8.77. The van der Waals surface area contributed by atoms with Gasteiger partial charge in [-0.25, -0.2) is 0 Å². The van der Waals surface area contributed by atoms with E-state index in [0.29, 0.717) is 5.56 Å². The molecule has 1 heterocycles. The van der Waals surface area contributed by atoms with Gasteiger partial charge >= 0.3 is 0 Å². The third-order valence-electron chi connectivity index (χ3n) is 8.77. The molecular formula is C44H28O. The molecule has 210 valence electrons. The zero-order valence-corrected chi connectivity index (χ0v) is 24.2. The summed E-state index contributed by atoms with van der Waals surface area (Å²) < 4.78 is 49.0. The summed E-state index contributed by atoms with van der Waals surface area (Å²) in [6.45, 7) is 0. The summed E-state index contributed by atoms with van der Waals surface area (Å²) in [4.78, 5) is 0. The molecule has 0 atom stereocenters. The number of rotatable bonds is 4. The van der Waals surface area contributed by atoms with Crippen LogP contribution in [0.25, 0.3) is 88.0 Å². The summed E-state index contributed by atoms with van der Waals surface area (Å²) >= 11 is 0. The first-order valence-corrected chi connectivity index (χ1v) is 15.0. The van der Waals surface area contributed by atoms with Gasteiger partial charge in [0.05, 0.1) is 6.85 Å². The van der Waals surface area contributed by atoms with E-state index in [4.69, 9.17) is 11.3 Å². The molecule has 1 nitrogen and oxygen atoms in total. The third kappa shape index (κ3) is 4.09. The number of para-hydroxylation sites is 1. The van der Waals surface area contributed by atoms with Crippen molar-refractivity contribution in [1.29, 1.82) is 0 Å². The van der Waals surface area contributed by atoms with Gasteiger partial charge in [0.2, 0.25) is 0 Å². The Bertz CT molecular complexity index is 2720. The lowest BCUT2D eigenvalue weighted by Crippen LogP contribution is -1.91. The van der Waals surface area contributed by atoms with Gasteiger partial charge in [0.15, 0.2) is 0 Å². The molecule has 0 fully saturated rings. The summed E-state index contributed by atoms with van der Waals surface area (Å²) in [6, 6.07) is 45.8. The van der Waals surface area contributed by atoms with Crippen LogP contribution in [0, 0.1) is 0 Å². The van der Waals surface area contributed by atoms with Gasteiger partial charge in [0.25, 0.3) is 0 Å². The van der Waals surface area contributed by atoms with E-state index in [-0.39, 0.29) is 29.7 Å². The molecule has 0 spiro atoms.